The van der Waals surface area contributed by atoms with E-state index in [4.69, 9.17) is 9.47 Å². The zero-order chi connectivity index (χ0) is 23.5. The molecular weight excluding hydrogens is 454 g/mol. The molecule has 0 saturated carbocycles. The van der Waals surface area contributed by atoms with Crippen LogP contribution >= 0.6 is 0 Å². The number of anilines is 1. The summed E-state index contributed by atoms with van der Waals surface area (Å²) in [6, 6.07) is 12.7. The first-order chi connectivity index (χ1) is 16.5. The maximum absolute atomic E-state index is 12.8. The third-order valence-corrected chi connectivity index (χ3v) is 8.62. The van der Waals surface area contributed by atoms with Crippen molar-refractivity contribution >= 4 is 21.6 Å². The van der Waals surface area contributed by atoms with E-state index in [1.807, 2.05) is 12.1 Å². The van der Waals surface area contributed by atoms with Crippen molar-refractivity contribution in [3.8, 4) is 11.5 Å². The van der Waals surface area contributed by atoms with Gasteiger partial charge >= 0.3 is 0 Å². The van der Waals surface area contributed by atoms with Gasteiger partial charge in [-0.1, -0.05) is 6.07 Å². The third-order valence-electron chi connectivity index (χ3n) is 6.71. The normalized spacial score (nSPS) is 21.4. The quantitative estimate of drug-likeness (QED) is 0.675. The van der Waals surface area contributed by atoms with Crippen LogP contribution in [0.25, 0.3) is 0 Å². The Bertz CT molecular complexity index is 1130. The Morgan fingerprint density at radius 1 is 0.912 bits per heavy atom. The predicted octanol–water partition coefficient (Wildman–Crippen LogP) is 3.41. The average molecular weight is 486 g/mol. The SMILES string of the molecule is O=C(CN1CCCC1c1ccc2c(c1)OCCCO2)Nc1ccc(S(=O)(=O)N2CCCC2)cc1. The van der Waals surface area contributed by atoms with E-state index in [0.717, 1.165) is 55.7 Å². The fourth-order valence-corrected chi connectivity index (χ4v) is 6.47. The number of ether oxygens (including phenoxy) is 2. The molecule has 3 aliphatic heterocycles. The smallest absolute Gasteiger partial charge is 0.243 e. The highest BCUT2D eigenvalue weighted by Gasteiger charge is 2.29. The second kappa shape index (κ2) is 9.93. The summed E-state index contributed by atoms with van der Waals surface area (Å²) in [6.07, 6.45) is 4.67. The number of carbonyl (C=O) groups is 1. The lowest BCUT2D eigenvalue weighted by Gasteiger charge is -2.25. The van der Waals surface area contributed by atoms with Gasteiger partial charge in [-0.05, 0) is 74.2 Å². The van der Waals surface area contributed by atoms with Gasteiger partial charge in [0.25, 0.3) is 0 Å². The van der Waals surface area contributed by atoms with Crippen molar-refractivity contribution < 1.29 is 22.7 Å². The average Bonchev–Trinajstić information content (AvgIpc) is 3.48. The topological polar surface area (TPSA) is 88.2 Å². The molecule has 0 aliphatic carbocycles. The summed E-state index contributed by atoms with van der Waals surface area (Å²) in [4.78, 5) is 15.2. The minimum absolute atomic E-state index is 0.114. The van der Waals surface area contributed by atoms with Crippen LogP contribution in [0.3, 0.4) is 0 Å². The van der Waals surface area contributed by atoms with E-state index < -0.39 is 10.0 Å². The summed E-state index contributed by atoms with van der Waals surface area (Å²) in [7, 11) is -3.46. The highest BCUT2D eigenvalue weighted by molar-refractivity contribution is 7.89. The van der Waals surface area contributed by atoms with Crippen LogP contribution in [-0.4, -0.2) is 62.9 Å². The molecule has 1 unspecified atom stereocenters. The molecule has 0 bridgehead atoms. The molecule has 5 rings (SSSR count). The van der Waals surface area contributed by atoms with Gasteiger partial charge in [0, 0.05) is 31.2 Å². The molecule has 3 heterocycles. The lowest BCUT2D eigenvalue weighted by atomic mass is 10.0. The summed E-state index contributed by atoms with van der Waals surface area (Å²) in [5.41, 5.74) is 1.72. The van der Waals surface area contributed by atoms with Crippen molar-refractivity contribution in [3.05, 3.63) is 48.0 Å². The first kappa shape index (κ1) is 23.1. The van der Waals surface area contributed by atoms with Gasteiger partial charge < -0.3 is 14.8 Å². The van der Waals surface area contributed by atoms with Crippen LogP contribution in [0.15, 0.2) is 47.4 Å². The molecule has 2 saturated heterocycles. The van der Waals surface area contributed by atoms with E-state index in [1.54, 1.807) is 24.3 Å². The molecule has 0 aromatic heterocycles. The molecule has 3 aliphatic rings. The van der Waals surface area contributed by atoms with Crippen LogP contribution in [0.5, 0.6) is 11.5 Å². The molecule has 1 N–H and O–H groups in total. The number of carbonyl (C=O) groups excluding carboxylic acids is 1. The fourth-order valence-electron chi connectivity index (χ4n) is 4.95. The van der Waals surface area contributed by atoms with Crippen molar-refractivity contribution in [2.45, 2.75) is 43.0 Å². The van der Waals surface area contributed by atoms with E-state index in [1.165, 1.54) is 4.31 Å². The summed E-state index contributed by atoms with van der Waals surface area (Å²) < 4.78 is 38.5. The summed E-state index contributed by atoms with van der Waals surface area (Å²) in [5.74, 6) is 1.44. The number of amides is 1. The summed E-state index contributed by atoms with van der Waals surface area (Å²) in [6.45, 7) is 3.56. The first-order valence-corrected chi connectivity index (χ1v) is 13.5. The van der Waals surface area contributed by atoms with Crippen LogP contribution in [-0.2, 0) is 14.8 Å². The van der Waals surface area contributed by atoms with E-state index in [-0.39, 0.29) is 23.4 Å². The van der Waals surface area contributed by atoms with Gasteiger partial charge in [-0.2, -0.15) is 4.31 Å². The maximum atomic E-state index is 12.8. The minimum Gasteiger partial charge on any atom is -0.490 e. The van der Waals surface area contributed by atoms with Crippen molar-refractivity contribution in [1.29, 1.82) is 0 Å². The zero-order valence-electron chi connectivity index (χ0n) is 19.2. The van der Waals surface area contributed by atoms with E-state index in [9.17, 15) is 13.2 Å². The number of hydrogen-bond acceptors (Lipinski definition) is 6. The second-order valence-electron chi connectivity index (χ2n) is 9.07. The Kier molecular flexibility index (Phi) is 6.76. The van der Waals surface area contributed by atoms with Crippen molar-refractivity contribution in [1.82, 2.24) is 9.21 Å². The standard InChI is InChI=1S/C25H31N3O5S/c29-25(26-20-7-9-21(10-8-20)34(30,31)28-13-1-2-14-28)18-27-12-3-5-22(27)19-6-11-23-24(17-19)33-16-4-15-32-23/h6-11,17,22H,1-5,12-16,18H2,(H,26,29). The molecule has 9 heteroatoms. The maximum Gasteiger partial charge on any atom is 0.243 e. The predicted molar refractivity (Wildman–Crippen MR) is 129 cm³/mol. The Labute approximate surface area is 200 Å². The Hall–Kier alpha value is -2.62. The minimum atomic E-state index is -3.46. The zero-order valence-corrected chi connectivity index (χ0v) is 20.1. The molecular formula is C25H31N3O5S. The molecule has 8 nitrogen and oxygen atoms in total. The molecule has 0 spiro atoms. The van der Waals surface area contributed by atoms with Crippen LogP contribution in [0.4, 0.5) is 5.69 Å². The fraction of sp³-hybridized carbons (Fsp3) is 0.480. The molecule has 2 fully saturated rings. The van der Waals surface area contributed by atoms with Crippen LogP contribution < -0.4 is 14.8 Å². The second-order valence-corrected chi connectivity index (χ2v) is 11.0. The molecule has 1 amide bonds. The van der Waals surface area contributed by atoms with Crippen molar-refractivity contribution in [2.75, 3.05) is 44.7 Å². The number of fused-ring (bicyclic) bond motifs is 1. The van der Waals surface area contributed by atoms with Crippen LogP contribution in [0, 0.1) is 0 Å². The molecule has 1 atom stereocenters. The molecule has 2 aromatic rings. The third kappa shape index (κ3) is 4.92. The van der Waals surface area contributed by atoms with Gasteiger partial charge in [-0.25, -0.2) is 8.42 Å². The number of hydrogen-bond donors (Lipinski definition) is 1. The number of nitrogens with zero attached hydrogens (tertiary/aromatic N) is 2. The molecule has 34 heavy (non-hydrogen) atoms. The van der Waals surface area contributed by atoms with Gasteiger partial charge in [0.15, 0.2) is 11.5 Å². The number of likely N-dealkylation sites (tertiary alicyclic amines) is 1. The van der Waals surface area contributed by atoms with Crippen molar-refractivity contribution in [2.24, 2.45) is 0 Å². The van der Waals surface area contributed by atoms with E-state index in [0.29, 0.717) is 32.0 Å². The molecule has 182 valence electrons. The first-order valence-electron chi connectivity index (χ1n) is 12.0. The molecule has 0 radical (unpaired) electrons. The summed E-state index contributed by atoms with van der Waals surface area (Å²) >= 11 is 0. The largest absolute Gasteiger partial charge is 0.490 e. The number of sulfonamides is 1. The van der Waals surface area contributed by atoms with Gasteiger partial charge in [0.2, 0.25) is 15.9 Å². The number of nitrogens with one attached hydrogen (secondary N) is 1. The van der Waals surface area contributed by atoms with E-state index in [2.05, 4.69) is 16.3 Å². The highest BCUT2D eigenvalue weighted by atomic mass is 32.2. The van der Waals surface area contributed by atoms with Gasteiger partial charge in [0.1, 0.15) is 0 Å². The Morgan fingerprint density at radius 3 is 2.41 bits per heavy atom. The van der Waals surface area contributed by atoms with Gasteiger partial charge in [-0.3, -0.25) is 9.69 Å². The van der Waals surface area contributed by atoms with Crippen molar-refractivity contribution in [3.63, 3.8) is 0 Å². The summed E-state index contributed by atoms with van der Waals surface area (Å²) in [5, 5.41) is 2.91. The molecule has 2 aromatic carbocycles. The van der Waals surface area contributed by atoms with Crippen LogP contribution in [0.2, 0.25) is 0 Å². The van der Waals surface area contributed by atoms with Gasteiger partial charge in [0.05, 0.1) is 24.7 Å². The van der Waals surface area contributed by atoms with Crippen LogP contribution in [0.1, 0.15) is 43.7 Å². The number of rotatable bonds is 6. The van der Waals surface area contributed by atoms with Gasteiger partial charge in [-0.15, -0.1) is 0 Å². The Balaban J connectivity index is 1.22. The lowest BCUT2D eigenvalue weighted by molar-refractivity contribution is -0.117. The van der Waals surface area contributed by atoms with E-state index >= 15 is 0 Å². The highest BCUT2D eigenvalue weighted by Crippen LogP contribution is 2.37. The monoisotopic (exact) mass is 485 g/mol. The number of benzene rings is 2. The lowest BCUT2D eigenvalue weighted by Crippen LogP contribution is -2.33. The Morgan fingerprint density at radius 2 is 1.65 bits per heavy atom.